The quantitative estimate of drug-likeness (QED) is 0.0261. The maximum absolute atomic E-state index is 12.9. The molecular formula is C77H142O6. The lowest BCUT2D eigenvalue weighted by Crippen LogP contribution is -2.30. The summed E-state index contributed by atoms with van der Waals surface area (Å²) in [6.45, 7) is 6.69. The summed E-state index contributed by atoms with van der Waals surface area (Å²) in [6, 6.07) is 0. The van der Waals surface area contributed by atoms with Gasteiger partial charge in [0.2, 0.25) is 0 Å². The number of ether oxygens (including phenoxy) is 3. The molecule has 0 aromatic carbocycles. The molecule has 0 N–H and O–H groups in total. The Morgan fingerprint density at radius 1 is 0.241 bits per heavy atom. The molecule has 486 valence electrons. The van der Waals surface area contributed by atoms with Gasteiger partial charge in [0.05, 0.1) is 0 Å². The topological polar surface area (TPSA) is 78.9 Å². The summed E-state index contributed by atoms with van der Waals surface area (Å²) in [5.41, 5.74) is 0. The first-order valence-electron chi connectivity index (χ1n) is 37.1. The number of hydrogen-bond donors (Lipinski definition) is 0. The fourth-order valence-electron chi connectivity index (χ4n) is 11.2. The molecular weight excluding hydrogens is 1020 g/mol. The van der Waals surface area contributed by atoms with E-state index in [0.717, 1.165) is 70.6 Å². The minimum atomic E-state index is -0.771. The standard InChI is InChI=1S/C77H142O6/c1-4-7-10-13-16-19-22-25-27-29-31-32-33-34-35-36-37-38-39-40-41-42-43-44-46-47-49-52-55-58-61-64-67-70-76(79)82-73-74(72-81-75(78)69-66-63-60-57-54-51-24-21-18-15-12-9-6-3)83-77(80)71-68-65-62-59-56-53-50-48-45-30-28-26-23-20-17-14-11-8-5-2/h22,25-26,28-29,31,33-34,74H,4-21,23-24,27,30,32,35-73H2,1-3H3/b25-22-,28-26-,31-29-,34-33-. The predicted octanol–water partition coefficient (Wildman–Crippen LogP) is 25.7. The van der Waals surface area contributed by atoms with Gasteiger partial charge in [-0.1, -0.05) is 352 Å². The average Bonchev–Trinajstić information content (AvgIpc) is 3.49. The molecule has 0 rings (SSSR count). The molecule has 0 radical (unpaired) electrons. The van der Waals surface area contributed by atoms with Crippen molar-refractivity contribution in [3.63, 3.8) is 0 Å². The molecule has 6 nitrogen and oxygen atoms in total. The van der Waals surface area contributed by atoms with Gasteiger partial charge in [-0.05, 0) is 83.5 Å². The van der Waals surface area contributed by atoms with Crippen molar-refractivity contribution in [2.24, 2.45) is 0 Å². The van der Waals surface area contributed by atoms with Crippen LogP contribution in [-0.4, -0.2) is 37.2 Å². The Kier molecular flexibility index (Phi) is 69.6. The molecule has 0 amide bonds. The highest BCUT2D eigenvalue weighted by molar-refractivity contribution is 5.71. The Morgan fingerprint density at radius 3 is 0.687 bits per heavy atom. The minimum Gasteiger partial charge on any atom is -0.462 e. The van der Waals surface area contributed by atoms with Gasteiger partial charge in [0, 0.05) is 19.3 Å². The van der Waals surface area contributed by atoms with E-state index in [1.165, 1.54) is 295 Å². The lowest BCUT2D eigenvalue weighted by molar-refractivity contribution is -0.167. The molecule has 1 unspecified atom stereocenters. The van der Waals surface area contributed by atoms with Gasteiger partial charge in [-0.15, -0.1) is 0 Å². The van der Waals surface area contributed by atoms with Crippen LogP contribution in [0.1, 0.15) is 406 Å². The van der Waals surface area contributed by atoms with E-state index in [2.05, 4.69) is 69.4 Å². The third-order valence-corrected chi connectivity index (χ3v) is 16.8. The van der Waals surface area contributed by atoms with Gasteiger partial charge >= 0.3 is 17.9 Å². The summed E-state index contributed by atoms with van der Waals surface area (Å²) in [7, 11) is 0. The molecule has 0 heterocycles. The number of hydrogen-bond acceptors (Lipinski definition) is 6. The van der Waals surface area contributed by atoms with Crippen molar-refractivity contribution < 1.29 is 28.6 Å². The Hall–Kier alpha value is -2.63. The zero-order valence-corrected chi connectivity index (χ0v) is 56.0. The van der Waals surface area contributed by atoms with E-state index in [1.807, 2.05) is 0 Å². The molecule has 0 saturated heterocycles. The van der Waals surface area contributed by atoms with Crippen LogP contribution in [0.3, 0.4) is 0 Å². The fraction of sp³-hybridized carbons (Fsp3) is 0.857. The molecule has 0 fully saturated rings. The smallest absolute Gasteiger partial charge is 0.306 e. The van der Waals surface area contributed by atoms with Gasteiger partial charge in [0.25, 0.3) is 0 Å². The Bertz CT molecular complexity index is 1430. The lowest BCUT2D eigenvalue weighted by Gasteiger charge is -2.18. The summed E-state index contributed by atoms with van der Waals surface area (Å²) >= 11 is 0. The minimum absolute atomic E-state index is 0.0675. The van der Waals surface area contributed by atoms with Crippen molar-refractivity contribution in [2.45, 2.75) is 412 Å². The van der Waals surface area contributed by atoms with Gasteiger partial charge < -0.3 is 14.2 Å². The highest BCUT2D eigenvalue weighted by Crippen LogP contribution is 2.18. The van der Waals surface area contributed by atoms with E-state index < -0.39 is 6.10 Å². The number of carbonyl (C=O) groups is 3. The van der Waals surface area contributed by atoms with Crippen molar-refractivity contribution in [1.29, 1.82) is 0 Å². The molecule has 0 aromatic heterocycles. The van der Waals surface area contributed by atoms with Crippen LogP contribution in [0.15, 0.2) is 48.6 Å². The van der Waals surface area contributed by atoms with E-state index in [9.17, 15) is 14.4 Å². The van der Waals surface area contributed by atoms with E-state index >= 15 is 0 Å². The largest absolute Gasteiger partial charge is 0.462 e. The number of allylic oxidation sites excluding steroid dienone is 8. The first-order chi connectivity index (χ1) is 41.0. The van der Waals surface area contributed by atoms with Crippen LogP contribution in [0, 0.1) is 0 Å². The second-order valence-electron chi connectivity index (χ2n) is 25.2. The molecule has 0 aliphatic heterocycles. The average molecular weight is 1160 g/mol. The first-order valence-corrected chi connectivity index (χ1v) is 37.1. The number of rotatable bonds is 69. The van der Waals surface area contributed by atoms with Crippen LogP contribution in [0.25, 0.3) is 0 Å². The van der Waals surface area contributed by atoms with Crippen LogP contribution < -0.4 is 0 Å². The molecule has 83 heavy (non-hydrogen) atoms. The van der Waals surface area contributed by atoms with Crippen LogP contribution >= 0.6 is 0 Å². The van der Waals surface area contributed by atoms with Crippen molar-refractivity contribution in [3.05, 3.63) is 48.6 Å². The van der Waals surface area contributed by atoms with Crippen molar-refractivity contribution in [1.82, 2.24) is 0 Å². The number of esters is 3. The lowest BCUT2D eigenvalue weighted by atomic mass is 10.0. The summed E-state index contributed by atoms with van der Waals surface area (Å²) < 4.78 is 17.0. The molecule has 0 saturated carbocycles. The van der Waals surface area contributed by atoms with Crippen molar-refractivity contribution >= 4 is 17.9 Å². The van der Waals surface area contributed by atoms with Crippen LogP contribution in [-0.2, 0) is 28.6 Å². The fourth-order valence-corrected chi connectivity index (χ4v) is 11.2. The second kappa shape index (κ2) is 71.8. The molecule has 0 aliphatic carbocycles. The summed E-state index contributed by atoms with van der Waals surface area (Å²) in [5.74, 6) is -0.840. The monoisotopic (exact) mass is 1160 g/mol. The van der Waals surface area contributed by atoms with E-state index in [-0.39, 0.29) is 31.1 Å². The molecule has 0 aliphatic rings. The zero-order chi connectivity index (χ0) is 59.9. The highest BCUT2D eigenvalue weighted by atomic mass is 16.6. The third kappa shape index (κ3) is 70.0. The Morgan fingerprint density at radius 2 is 0.434 bits per heavy atom. The molecule has 6 heteroatoms. The van der Waals surface area contributed by atoms with Gasteiger partial charge in [0.15, 0.2) is 6.10 Å². The summed E-state index contributed by atoms with van der Waals surface area (Å²) in [6.07, 6.45) is 91.5. The van der Waals surface area contributed by atoms with Crippen LogP contribution in [0.2, 0.25) is 0 Å². The zero-order valence-electron chi connectivity index (χ0n) is 56.0. The van der Waals surface area contributed by atoms with Crippen LogP contribution in [0.5, 0.6) is 0 Å². The molecule has 0 spiro atoms. The molecule has 1 atom stereocenters. The Labute approximate surface area is 518 Å². The molecule has 0 bridgehead atoms. The summed E-state index contributed by atoms with van der Waals surface area (Å²) in [5, 5.41) is 0. The van der Waals surface area contributed by atoms with Crippen molar-refractivity contribution in [3.8, 4) is 0 Å². The van der Waals surface area contributed by atoms with Crippen LogP contribution in [0.4, 0.5) is 0 Å². The van der Waals surface area contributed by atoms with Gasteiger partial charge in [-0.25, -0.2) is 0 Å². The van der Waals surface area contributed by atoms with Gasteiger partial charge in [-0.3, -0.25) is 14.4 Å². The number of unbranched alkanes of at least 4 members (excludes halogenated alkanes) is 50. The normalized spacial score (nSPS) is 12.3. The maximum atomic E-state index is 12.9. The highest BCUT2D eigenvalue weighted by Gasteiger charge is 2.19. The first kappa shape index (κ1) is 80.4. The predicted molar refractivity (Wildman–Crippen MR) is 362 cm³/mol. The number of carbonyl (C=O) groups excluding carboxylic acids is 3. The molecule has 0 aromatic rings. The van der Waals surface area contributed by atoms with Gasteiger partial charge in [0.1, 0.15) is 13.2 Å². The summed E-state index contributed by atoms with van der Waals surface area (Å²) in [4.78, 5) is 38.4. The second-order valence-corrected chi connectivity index (χ2v) is 25.2. The SMILES string of the molecule is CCCCCCC/C=C\C/C=C\C/C=C\CCCCCCCCCCCCCCCCCCCCC(=O)OCC(COC(=O)CCCCCCCCCCCCCCC)OC(=O)CCCCCCCCCCC/C=C\CCCCCCCC. The van der Waals surface area contributed by atoms with E-state index in [4.69, 9.17) is 14.2 Å². The van der Waals surface area contributed by atoms with E-state index in [0.29, 0.717) is 19.3 Å². The van der Waals surface area contributed by atoms with Crippen molar-refractivity contribution in [2.75, 3.05) is 13.2 Å². The third-order valence-electron chi connectivity index (χ3n) is 16.8. The Balaban J connectivity index is 4.14. The van der Waals surface area contributed by atoms with E-state index in [1.54, 1.807) is 0 Å². The maximum Gasteiger partial charge on any atom is 0.306 e. The van der Waals surface area contributed by atoms with Gasteiger partial charge in [-0.2, -0.15) is 0 Å².